The lowest BCUT2D eigenvalue weighted by Crippen LogP contribution is -2.19. The quantitative estimate of drug-likeness (QED) is 0.565. The maximum atomic E-state index is 11.0. The Bertz CT molecular complexity index is 562. The monoisotopic (exact) mass is 237 g/mol. The van der Waals surface area contributed by atoms with Gasteiger partial charge in [0.2, 0.25) is 0 Å². The number of amides is 1. The Morgan fingerprint density at radius 2 is 2.19 bits per heavy atom. The molecule has 0 fully saturated rings. The number of carbonyl (C=O) groups is 1. The highest BCUT2D eigenvalue weighted by atomic mass is 35.5. The number of anilines is 1. The number of hydrogen-bond acceptors (Lipinski definition) is 2. The van der Waals surface area contributed by atoms with E-state index >= 15 is 0 Å². The zero-order valence-electron chi connectivity index (χ0n) is 9.36. The molecule has 5 heteroatoms. The molecule has 0 aliphatic carbocycles. The average molecular weight is 238 g/mol. The Kier molecular flexibility index (Phi) is 2.59. The lowest BCUT2D eigenvalue weighted by molar-refractivity contribution is 0.265. The molecule has 0 spiro atoms. The Balaban J connectivity index is 2.56. The van der Waals surface area contributed by atoms with Crippen LogP contribution < -0.4 is 4.90 Å². The first-order valence-corrected chi connectivity index (χ1v) is 5.25. The summed E-state index contributed by atoms with van der Waals surface area (Å²) in [6.07, 6.45) is 0. The molecule has 84 valence electrons. The van der Waals surface area contributed by atoms with Gasteiger partial charge in [0.15, 0.2) is 0 Å². The molecule has 1 heterocycles. The van der Waals surface area contributed by atoms with Crippen LogP contribution in [0.1, 0.15) is 5.82 Å². The lowest BCUT2D eigenvalue weighted by Gasteiger charge is -2.12. The van der Waals surface area contributed by atoms with Crippen LogP contribution in [-0.2, 0) is 7.05 Å². The van der Waals surface area contributed by atoms with Crippen molar-refractivity contribution in [3.63, 3.8) is 0 Å². The molecule has 0 atom stereocenters. The van der Waals surface area contributed by atoms with Crippen LogP contribution in [-0.4, -0.2) is 22.0 Å². The van der Waals surface area contributed by atoms with Crippen LogP contribution in [0.3, 0.4) is 0 Å². The zero-order valence-corrected chi connectivity index (χ0v) is 10.1. The summed E-state index contributed by atoms with van der Waals surface area (Å²) in [5, 5.41) is -0.507. The molecule has 0 bridgehead atoms. The van der Waals surface area contributed by atoms with Crippen molar-refractivity contribution in [1.29, 1.82) is 0 Å². The summed E-state index contributed by atoms with van der Waals surface area (Å²) in [5.74, 6) is 0.937. The second-order valence-corrected chi connectivity index (χ2v) is 4.03. The van der Waals surface area contributed by atoms with E-state index in [2.05, 4.69) is 4.98 Å². The lowest BCUT2D eigenvalue weighted by atomic mass is 10.2. The molecule has 0 unspecified atom stereocenters. The topological polar surface area (TPSA) is 38.1 Å². The van der Waals surface area contributed by atoms with Gasteiger partial charge in [0.25, 0.3) is 0 Å². The van der Waals surface area contributed by atoms with Crippen molar-refractivity contribution in [2.24, 2.45) is 7.05 Å². The number of halogens is 1. The summed E-state index contributed by atoms with van der Waals surface area (Å²) in [6, 6.07) is 5.63. The largest absolute Gasteiger partial charge is 0.331 e. The Morgan fingerprint density at radius 1 is 1.50 bits per heavy atom. The number of fused-ring (bicyclic) bond motifs is 1. The molecule has 1 aromatic carbocycles. The average Bonchev–Trinajstić information content (AvgIpc) is 2.53. The minimum absolute atomic E-state index is 0.507. The number of nitrogens with zero attached hydrogens (tertiary/aromatic N) is 3. The molecule has 0 saturated carbocycles. The number of imidazole rings is 1. The third-order valence-corrected chi connectivity index (χ3v) is 2.99. The highest BCUT2D eigenvalue weighted by molar-refractivity contribution is 6.66. The zero-order chi connectivity index (χ0) is 11.9. The molecular formula is C11H12ClN3O. The first-order valence-electron chi connectivity index (χ1n) is 4.87. The molecular weight excluding hydrogens is 226 g/mol. The third-order valence-electron chi connectivity index (χ3n) is 2.74. The molecule has 1 amide bonds. The Morgan fingerprint density at radius 3 is 2.81 bits per heavy atom. The number of rotatable bonds is 1. The van der Waals surface area contributed by atoms with Crippen LogP contribution in [0.25, 0.3) is 11.0 Å². The number of aryl methyl sites for hydroxylation is 2. The van der Waals surface area contributed by atoms with Gasteiger partial charge in [0, 0.05) is 19.8 Å². The van der Waals surface area contributed by atoms with Crippen LogP contribution in [0.5, 0.6) is 0 Å². The van der Waals surface area contributed by atoms with Gasteiger partial charge in [-0.1, -0.05) is 0 Å². The van der Waals surface area contributed by atoms with E-state index in [9.17, 15) is 4.79 Å². The maximum absolute atomic E-state index is 11.0. The van der Waals surface area contributed by atoms with Crippen molar-refractivity contribution in [2.45, 2.75) is 6.92 Å². The van der Waals surface area contributed by atoms with Gasteiger partial charge in [-0.3, -0.25) is 4.79 Å². The molecule has 4 nitrogen and oxygen atoms in total. The maximum Gasteiger partial charge on any atom is 0.320 e. The SMILES string of the molecule is Cc1nc2cc(N(C)C(=O)Cl)ccc2n1C. The summed E-state index contributed by atoms with van der Waals surface area (Å²) >= 11 is 5.41. The van der Waals surface area contributed by atoms with E-state index in [0.717, 1.165) is 22.5 Å². The van der Waals surface area contributed by atoms with E-state index in [0.29, 0.717) is 0 Å². The van der Waals surface area contributed by atoms with Crippen LogP contribution >= 0.6 is 11.6 Å². The minimum Gasteiger partial charge on any atom is -0.331 e. The van der Waals surface area contributed by atoms with Crippen molar-refractivity contribution in [2.75, 3.05) is 11.9 Å². The molecule has 0 N–H and O–H groups in total. The fourth-order valence-corrected chi connectivity index (χ4v) is 1.72. The van der Waals surface area contributed by atoms with Gasteiger partial charge >= 0.3 is 5.37 Å². The van der Waals surface area contributed by atoms with E-state index in [1.807, 2.05) is 36.7 Å². The molecule has 2 rings (SSSR count). The first-order chi connectivity index (χ1) is 7.50. The van der Waals surface area contributed by atoms with E-state index in [1.165, 1.54) is 4.90 Å². The van der Waals surface area contributed by atoms with Crippen molar-refractivity contribution in [1.82, 2.24) is 9.55 Å². The number of benzene rings is 1. The fraction of sp³-hybridized carbons (Fsp3) is 0.273. The van der Waals surface area contributed by atoms with Crippen LogP contribution in [0.4, 0.5) is 10.5 Å². The number of carbonyl (C=O) groups excluding carboxylic acids is 1. The highest BCUT2D eigenvalue weighted by Gasteiger charge is 2.10. The van der Waals surface area contributed by atoms with E-state index in [4.69, 9.17) is 11.6 Å². The minimum atomic E-state index is -0.507. The summed E-state index contributed by atoms with van der Waals surface area (Å²) in [7, 11) is 3.59. The second-order valence-electron chi connectivity index (χ2n) is 3.70. The predicted octanol–water partition coefficient (Wildman–Crippen LogP) is 2.68. The summed E-state index contributed by atoms with van der Waals surface area (Å²) in [4.78, 5) is 16.8. The molecule has 0 saturated heterocycles. The molecule has 2 aromatic rings. The number of hydrogen-bond donors (Lipinski definition) is 0. The smallest absolute Gasteiger partial charge is 0.320 e. The molecule has 16 heavy (non-hydrogen) atoms. The van der Waals surface area contributed by atoms with E-state index in [1.54, 1.807) is 7.05 Å². The molecule has 0 aliphatic heterocycles. The highest BCUT2D eigenvalue weighted by Crippen LogP contribution is 2.22. The molecule has 0 aliphatic rings. The third kappa shape index (κ3) is 1.65. The van der Waals surface area contributed by atoms with E-state index < -0.39 is 5.37 Å². The first kappa shape index (κ1) is 11.0. The van der Waals surface area contributed by atoms with E-state index in [-0.39, 0.29) is 0 Å². The van der Waals surface area contributed by atoms with Gasteiger partial charge in [-0.15, -0.1) is 0 Å². The van der Waals surface area contributed by atoms with Crippen molar-refractivity contribution in [3.05, 3.63) is 24.0 Å². The van der Waals surface area contributed by atoms with Crippen molar-refractivity contribution < 1.29 is 4.79 Å². The number of aromatic nitrogens is 2. The van der Waals surface area contributed by atoms with Gasteiger partial charge in [0.1, 0.15) is 5.82 Å². The Hall–Kier alpha value is -1.55. The van der Waals surface area contributed by atoms with Gasteiger partial charge in [-0.2, -0.15) is 0 Å². The summed E-state index contributed by atoms with van der Waals surface area (Å²) < 4.78 is 2.00. The van der Waals surface area contributed by atoms with Crippen LogP contribution in [0.15, 0.2) is 18.2 Å². The normalized spacial score (nSPS) is 10.8. The van der Waals surface area contributed by atoms with Crippen LogP contribution in [0, 0.1) is 6.92 Å². The summed E-state index contributed by atoms with van der Waals surface area (Å²) in [6.45, 7) is 1.94. The standard InChI is InChI=1S/C11H12ClN3O/c1-7-13-9-6-8(15(3)11(12)16)4-5-10(9)14(7)2/h4-6H,1-3H3. The molecule has 0 radical (unpaired) electrons. The van der Waals surface area contributed by atoms with Gasteiger partial charge < -0.3 is 9.47 Å². The van der Waals surface area contributed by atoms with Crippen LogP contribution in [0.2, 0.25) is 0 Å². The predicted molar refractivity (Wildman–Crippen MR) is 65.1 cm³/mol. The van der Waals surface area contributed by atoms with Gasteiger partial charge in [-0.05, 0) is 36.7 Å². The Labute approximate surface area is 98.4 Å². The summed E-state index contributed by atoms with van der Waals surface area (Å²) in [5.41, 5.74) is 2.64. The van der Waals surface area contributed by atoms with Gasteiger partial charge in [-0.25, -0.2) is 4.98 Å². The second kappa shape index (κ2) is 3.79. The van der Waals surface area contributed by atoms with Gasteiger partial charge in [0.05, 0.1) is 11.0 Å². The fourth-order valence-electron chi connectivity index (χ4n) is 1.62. The molecule has 1 aromatic heterocycles. The van der Waals surface area contributed by atoms with Crippen molar-refractivity contribution in [3.8, 4) is 0 Å². The van der Waals surface area contributed by atoms with Crippen molar-refractivity contribution >= 4 is 33.7 Å².